The maximum Gasteiger partial charge on any atom is 0.162 e. The normalized spacial score (nSPS) is 22.9. The molecule has 1 aromatic carbocycles. The van der Waals surface area contributed by atoms with Crippen molar-refractivity contribution in [1.29, 1.82) is 0 Å². The fourth-order valence-electron chi connectivity index (χ4n) is 2.99. The fourth-order valence-corrected chi connectivity index (χ4v) is 3.17. The second-order valence-electron chi connectivity index (χ2n) is 5.20. The van der Waals surface area contributed by atoms with Gasteiger partial charge in [0.2, 0.25) is 0 Å². The van der Waals surface area contributed by atoms with Gasteiger partial charge < -0.3 is 4.90 Å². The third-order valence-electron chi connectivity index (χ3n) is 4.05. The summed E-state index contributed by atoms with van der Waals surface area (Å²) in [6.45, 7) is 4.95. The summed E-state index contributed by atoms with van der Waals surface area (Å²) < 4.78 is 0. The lowest BCUT2D eigenvalue weighted by atomic mass is 9.85. The van der Waals surface area contributed by atoms with E-state index in [9.17, 15) is 4.79 Å². The van der Waals surface area contributed by atoms with Gasteiger partial charge in [0.25, 0.3) is 0 Å². The van der Waals surface area contributed by atoms with Crippen molar-refractivity contribution in [3.63, 3.8) is 0 Å². The number of ketones is 1. The van der Waals surface area contributed by atoms with Crippen molar-refractivity contribution in [2.75, 3.05) is 11.4 Å². The number of carbonyl (C=O) groups is 1. The SMILES string of the molecule is CC1=C2C[C@@H](C)c3cc(Cl)ccc3N2CCC1=O. The quantitative estimate of drug-likeness (QED) is 0.706. The third kappa shape index (κ3) is 1.67. The van der Waals surface area contributed by atoms with Crippen molar-refractivity contribution in [1.82, 2.24) is 0 Å². The highest BCUT2D eigenvalue weighted by atomic mass is 35.5. The molecule has 2 aliphatic heterocycles. The Bertz CT molecular complexity index is 562. The topological polar surface area (TPSA) is 20.3 Å². The summed E-state index contributed by atoms with van der Waals surface area (Å²) in [4.78, 5) is 14.1. The highest BCUT2D eigenvalue weighted by Gasteiger charge is 2.31. The molecule has 0 amide bonds. The first-order valence-electron chi connectivity index (χ1n) is 6.38. The number of hydrogen-bond acceptors (Lipinski definition) is 2. The number of allylic oxidation sites excluding steroid dienone is 2. The molecule has 0 N–H and O–H groups in total. The smallest absolute Gasteiger partial charge is 0.162 e. The molecule has 1 atom stereocenters. The van der Waals surface area contributed by atoms with Crippen molar-refractivity contribution in [3.8, 4) is 0 Å². The lowest BCUT2D eigenvalue weighted by Gasteiger charge is -2.40. The largest absolute Gasteiger partial charge is 0.344 e. The monoisotopic (exact) mass is 261 g/mol. The van der Waals surface area contributed by atoms with Gasteiger partial charge in [-0.15, -0.1) is 0 Å². The number of Topliss-reactive ketones (excluding diaryl/α,β-unsaturated/α-hetero) is 1. The zero-order chi connectivity index (χ0) is 12.9. The molecule has 0 radical (unpaired) electrons. The minimum absolute atomic E-state index is 0.297. The summed E-state index contributed by atoms with van der Waals surface area (Å²) in [5, 5.41) is 0.790. The van der Waals surface area contributed by atoms with Gasteiger partial charge in [0.15, 0.2) is 5.78 Å². The molecule has 2 heterocycles. The second-order valence-corrected chi connectivity index (χ2v) is 5.64. The average Bonchev–Trinajstić information content (AvgIpc) is 2.35. The van der Waals surface area contributed by atoms with E-state index in [-0.39, 0.29) is 0 Å². The van der Waals surface area contributed by atoms with Crippen LogP contribution in [0.2, 0.25) is 5.02 Å². The van der Waals surface area contributed by atoms with E-state index in [1.807, 2.05) is 13.0 Å². The second kappa shape index (κ2) is 4.13. The summed E-state index contributed by atoms with van der Waals surface area (Å²) in [7, 11) is 0. The van der Waals surface area contributed by atoms with Gasteiger partial charge in [-0.1, -0.05) is 18.5 Å². The summed E-state index contributed by atoms with van der Waals surface area (Å²) in [5.41, 5.74) is 4.66. The van der Waals surface area contributed by atoms with Crippen LogP contribution in [0.1, 0.15) is 38.2 Å². The zero-order valence-electron chi connectivity index (χ0n) is 10.7. The van der Waals surface area contributed by atoms with E-state index >= 15 is 0 Å². The van der Waals surface area contributed by atoms with Crippen molar-refractivity contribution in [2.45, 2.75) is 32.6 Å². The number of nitrogens with zero attached hydrogens (tertiary/aromatic N) is 1. The molecule has 0 aliphatic carbocycles. The first-order chi connectivity index (χ1) is 8.58. The van der Waals surface area contributed by atoms with E-state index in [1.165, 1.54) is 16.9 Å². The van der Waals surface area contributed by atoms with E-state index in [0.717, 1.165) is 23.6 Å². The van der Waals surface area contributed by atoms with Crippen LogP contribution in [0.4, 0.5) is 5.69 Å². The molecular formula is C15H16ClNO. The van der Waals surface area contributed by atoms with Gasteiger partial charge in [0.05, 0.1) is 0 Å². The molecule has 2 aliphatic rings. The van der Waals surface area contributed by atoms with Crippen LogP contribution in [0.15, 0.2) is 29.5 Å². The van der Waals surface area contributed by atoms with E-state index in [4.69, 9.17) is 11.6 Å². The van der Waals surface area contributed by atoms with Gasteiger partial charge >= 0.3 is 0 Å². The Morgan fingerprint density at radius 3 is 2.94 bits per heavy atom. The Kier molecular flexibility index (Phi) is 2.70. The summed E-state index contributed by atoms with van der Waals surface area (Å²) >= 11 is 6.08. The molecule has 0 aromatic heterocycles. The molecule has 0 spiro atoms. The molecule has 0 saturated heterocycles. The van der Waals surface area contributed by atoms with Crippen LogP contribution in [0, 0.1) is 0 Å². The lowest BCUT2D eigenvalue weighted by Crippen LogP contribution is -2.36. The molecule has 1 aromatic rings. The van der Waals surface area contributed by atoms with Gasteiger partial charge in [0, 0.05) is 34.9 Å². The van der Waals surface area contributed by atoms with Gasteiger partial charge in [-0.3, -0.25) is 4.79 Å². The molecule has 18 heavy (non-hydrogen) atoms. The lowest BCUT2D eigenvalue weighted by molar-refractivity contribution is -0.115. The number of benzene rings is 1. The molecule has 0 unspecified atom stereocenters. The van der Waals surface area contributed by atoms with Gasteiger partial charge in [-0.2, -0.15) is 0 Å². The van der Waals surface area contributed by atoms with E-state index in [2.05, 4.69) is 24.0 Å². The molecule has 3 rings (SSSR count). The molecule has 3 heteroatoms. The highest BCUT2D eigenvalue weighted by molar-refractivity contribution is 6.30. The Hall–Kier alpha value is -1.28. The number of anilines is 1. The number of fused-ring (bicyclic) bond motifs is 3. The van der Waals surface area contributed by atoms with E-state index in [0.29, 0.717) is 18.1 Å². The van der Waals surface area contributed by atoms with Crippen LogP contribution in [0.25, 0.3) is 0 Å². The van der Waals surface area contributed by atoms with Crippen LogP contribution in [0.5, 0.6) is 0 Å². The molecule has 94 valence electrons. The Balaban J connectivity index is 2.17. The van der Waals surface area contributed by atoms with Gasteiger partial charge in [-0.05, 0) is 43.0 Å². The average molecular weight is 262 g/mol. The highest BCUT2D eigenvalue weighted by Crippen LogP contribution is 2.43. The van der Waals surface area contributed by atoms with E-state index < -0.39 is 0 Å². The maximum absolute atomic E-state index is 11.8. The van der Waals surface area contributed by atoms with E-state index in [1.54, 1.807) is 0 Å². The number of halogens is 1. The molecule has 0 bridgehead atoms. The van der Waals surface area contributed by atoms with Crippen LogP contribution in [-0.2, 0) is 4.79 Å². The van der Waals surface area contributed by atoms with Crippen LogP contribution in [0.3, 0.4) is 0 Å². The number of hydrogen-bond donors (Lipinski definition) is 0. The summed E-state index contributed by atoms with van der Waals surface area (Å²) in [6.07, 6.45) is 1.55. The molecule has 0 saturated carbocycles. The fraction of sp³-hybridized carbons (Fsp3) is 0.400. The molecular weight excluding hydrogens is 246 g/mol. The van der Waals surface area contributed by atoms with Crippen molar-refractivity contribution < 1.29 is 4.79 Å². The third-order valence-corrected chi connectivity index (χ3v) is 4.29. The Morgan fingerprint density at radius 2 is 2.17 bits per heavy atom. The predicted octanol–water partition coefficient (Wildman–Crippen LogP) is 3.90. The van der Waals surface area contributed by atoms with Crippen molar-refractivity contribution >= 4 is 23.1 Å². The van der Waals surface area contributed by atoms with Crippen LogP contribution >= 0.6 is 11.6 Å². The maximum atomic E-state index is 11.8. The molecule has 2 nitrogen and oxygen atoms in total. The standard InChI is InChI=1S/C15H16ClNO/c1-9-7-14-10(2)15(18)5-6-17(14)13-4-3-11(16)8-12(9)13/h3-4,8-9H,5-7H2,1-2H3/t9-/m1/s1. The number of carbonyl (C=O) groups excluding carboxylic acids is 1. The van der Waals surface area contributed by atoms with Crippen LogP contribution in [-0.4, -0.2) is 12.3 Å². The minimum Gasteiger partial charge on any atom is -0.344 e. The first kappa shape index (κ1) is 11.8. The zero-order valence-corrected chi connectivity index (χ0v) is 11.4. The molecule has 0 fully saturated rings. The van der Waals surface area contributed by atoms with Gasteiger partial charge in [0.1, 0.15) is 0 Å². The summed E-state index contributed by atoms with van der Waals surface area (Å²) in [5.74, 6) is 0.719. The Morgan fingerprint density at radius 1 is 1.39 bits per heavy atom. The summed E-state index contributed by atoms with van der Waals surface area (Å²) in [6, 6.07) is 6.07. The minimum atomic E-state index is 0.297. The van der Waals surface area contributed by atoms with Gasteiger partial charge in [-0.25, -0.2) is 0 Å². The van der Waals surface area contributed by atoms with Crippen molar-refractivity contribution in [2.24, 2.45) is 0 Å². The predicted molar refractivity (Wildman–Crippen MR) is 74.2 cm³/mol. The Labute approximate surface area is 112 Å². The van der Waals surface area contributed by atoms with Crippen LogP contribution < -0.4 is 4.90 Å². The van der Waals surface area contributed by atoms with Crippen molar-refractivity contribution in [3.05, 3.63) is 40.1 Å². The first-order valence-corrected chi connectivity index (χ1v) is 6.75. The number of rotatable bonds is 0.